The lowest BCUT2D eigenvalue weighted by molar-refractivity contribution is -0.115. The second-order valence-corrected chi connectivity index (χ2v) is 5.45. The Morgan fingerprint density at radius 2 is 1.96 bits per heavy atom. The van der Waals surface area contributed by atoms with Crippen molar-refractivity contribution in [2.45, 2.75) is 13.5 Å². The summed E-state index contributed by atoms with van der Waals surface area (Å²) in [6, 6.07) is 15.0. The van der Waals surface area contributed by atoms with Crippen molar-refractivity contribution in [2.24, 2.45) is 0 Å². The van der Waals surface area contributed by atoms with Crippen molar-refractivity contribution in [1.29, 1.82) is 0 Å². The van der Waals surface area contributed by atoms with Crippen LogP contribution in [0.2, 0.25) is 0 Å². The molecule has 2 aromatic rings. The van der Waals surface area contributed by atoms with E-state index in [2.05, 4.69) is 10.6 Å². The molecule has 0 bridgehead atoms. The molecular weight excluding hydrogens is 308 g/mol. The highest BCUT2D eigenvalue weighted by atomic mass is 32.1. The van der Waals surface area contributed by atoms with Gasteiger partial charge in [-0.1, -0.05) is 42.0 Å². The molecule has 118 valence electrons. The van der Waals surface area contributed by atoms with E-state index in [0.29, 0.717) is 5.69 Å². The molecule has 0 aliphatic carbocycles. The zero-order valence-electron chi connectivity index (χ0n) is 12.7. The van der Waals surface area contributed by atoms with Crippen molar-refractivity contribution in [3.63, 3.8) is 0 Å². The van der Waals surface area contributed by atoms with Gasteiger partial charge in [0.05, 0.1) is 6.61 Å². The predicted molar refractivity (Wildman–Crippen MR) is 96.9 cm³/mol. The largest absolute Gasteiger partial charge is 0.392 e. The molecule has 0 saturated heterocycles. The van der Waals surface area contributed by atoms with E-state index in [4.69, 9.17) is 17.3 Å². The minimum absolute atomic E-state index is 0.0477. The molecule has 5 heteroatoms. The zero-order chi connectivity index (χ0) is 16.7. The molecule has 0 heterocycles. The van der Waals surface area contributed by atoms with Crippen LogP contribution in [0, 0.1) is 6.92 Å². The van der Waals surface area contributed by atoms with Gasteiger partial charge in [-0.3, -0.25) is 10.1 Å². The Hall–Kier alpha value is -2.50. The van der Waals surface area contributed by atoms with Crippen molar-refractivity contribution in [1.82, 2.24) is 5.32 Å². The summed E-state index contributed by atoms with van der Waals surface area (Å²) in [6.45, 7) is 1.96. The number of hydrogen-bond donors (Lipinski definition) is 3. The molecular formula is C18H18N2O2S. The number of carbonyl (C=O) groups is 1. The van der Waals surface area contributed by atoms with Gasteiger partial charge in [-0.15, -0.1) is 0 Å². The maximum atomic E-state index is 11.8. The van der Waals surface area contributed by atoms with Crippen molar-refractivity contribution < 1.29 is 9.90 Å². The van der Waals surface area contributed by atoms with Gasteiger partial charge in [-0.05, 0) is 48.5 Å². The fourth-order valence-corrected chi connectivity index (χ4v) is 2.13. The SMILES string of the molecule is Cc1ccc(C=CC(=O)NC(=S)Nc2cccc(CO)c2)cc1. The minimum atomic E-state index is -0.304. The Morgan fingerprint density at radius 3 is 2.65 bits per heavy atom. The van der Waals surface area contributed by atoms with Crippen LogP contribution in [-0.4, -0.2) is 16.1 Å². The first kappa shape index (κ1) is 16.9. The summed E-state index contributed by atoms with van der Waals surface area (Å²) < 4.78 is 0. The summed E-state index contributed by atoms with van der Waals surface area (Å²) in [6.07, 6.45) is 3.16. The molecule has 23 heavy (non-hydrogen) atoms. The molecule has 0 atom stereocenters. The van der Waals surface area contributed by atoms with Gasteiger partial charge in [0.2, 0.25) is 5.91 Å². The molecule has 0 saturated carbocycles. The Labute approximate surface area is 140 Å². The van der Waals surface area contributed by atoms with E-state index in [1.165, 1.54) is 11.6 Å². The van der Waals surface area contributed by atoms with E-state index in [1.54, 1.807) is 30.3 Å². The topological polar surface area (TPSA) is 61.4 Å². The average molecular weight is 326 g/mol. The highest BCUT2D eigenvalue weighted by Crippen LogP contribution is 2.10. The average Bonchev–Trinajstić information content (AvgIpc) is 2.54. The lowest BCUT2D eigenvalue weighted by Crippen LogP contribution is -2.32. The third-order valence-corrected chi connectivity index (χ3v) is 3.31. The van der Waals surface area contributed by atoms with Gasteiger partial charge in [-0.25, -0.2) is 0 Å². The van der Waals surface area contributed by atoms with Gasteiger partial charge in [-0.2, -0.15) is 0 Å². The van der Waals surface area contributed by atoms with E-state index in [-0.39, 0.29) is 17.6 Å². The van der Waals surface area contributed by atoms with Crippen LogP contribution in [0.5, 0.6) is 0 Å². The minimum Gasteiger partial charge on any atom is -0.392 e. The molecule has 2 aromatic carbocycles. The number of amides is 1. The summed E-state index contributed by atoms with van der Waals surface area (Å²) in [5.74, 6) is -0.304. The zero-order valence-corrected chi connectivity index (χ0v) is 13.6. The number of rotatable bonds is 4. The van der Waals surface area contributed by atoms with E-state index >= 15 is 0 Å². The normalized spacial score (nSPS) is 10.5. The van der Waals surface area contributed by atoms with Crippen LogP contribution in [0.25, 0.3) is 6.08 Å². The molecule has 3 N–H and O–H groups in total. The molecule has 0 aliphatic heterocycles. The number of hydrogen-bond acceptors (Lipinski definition) is 3. The molecule has 0 aromatic heterocycles. The van der Waals surface area contributed by atoms with Gasteiger partial charge in [0.25, 0.3) is 0 Å². The molecule has 0 aliphatic rings. The maximum absolute atomic E-state index is 11.8. The number of nitrogens with one attached hydrogen (secondary N) is 2. The fraction of sp³-hybridized carbons (Fsp3) is 0.111. The van der Waals surface area contributed by atoms with Gasteiger partial charge in [0, 0.05) is 11.8 Å². The van der Waals surface area contributed by atoms with Crippen molar-refractivity contribution in [2.75, 3.05) is 5.32 Å². The lowest BCUT2D eigenvalue weighted by atomic mass is 10.1. The summed E-state index contributed by atoms with van der Waals surface area (Å²) in [7, 11) is 0. The number of aliphatic hydroxyl groups excluding tert-OH is 1. The third-order valence-electron chi connectivity index (χ3n) is 3.11. The first-order chi connectivity index (χ1) is 11.1. The van der Waals surface area contributed by atoms with E-state index < -0.39 is 0 Å². The van der Waals surface area contributed by atoms with Gasteiger partial charge >= 0.3 is 0 Å². The van der Waals surface area contributed by atoms with E-state index in [9.17, 15) is 4.79 Å². The Bertz CT molecular complexity index is 724. The van der Waals surface area contributed by atoms with Gasteiger partial charge < -0.3 is 10.4 Å². The van der Waals surface area contributed by atoms with Crippen LogP contribution in [0.15, 0.2) is 54.6 Å². The molecule has 0 radical (unpaired) electrons. The number of aliphatic hydroxyl groups is 1. The first-order valence-electron chi connectivity index (χ1n) is 7.13. The van der Waals surface area contributed by atoms with Crippen LogP contribution < -0.4 is 10.6 Å². The molecule has 0 fully saturated rings. The van der Waals surface area contributed by atoms with Crippen molar-refractivity contribution in [3.8, 4) is 0 Å². The van der Waals surface area contributed by atoms with Crippen LogP contribution in [0.4, 0.5) is 5.69 Å². The Morgan fingerprint density at radius 1 is 1.22 bits per heavy atom. The number of carbonyl (C=O) groups excluding carboxylic acids is 1. The van der Waals surface area contributed by atoms with E-state index in [1.807, 2.05) is 31.2 Å². The summed E-state index contributed by atoms with van der Waals surface area (Å²) >= 11 is 5.10. The molecule has 4 nitrogen and oxygen atoms in total. The highest BCUT2D eigenvalue weighted by molar-refractivity contribution is 7.80. The van der Waals surface area contributed by atoms with Gasteiger partial charge in [0.15, 0.2) is 5.11 Å². The van der Waals surface area contributed by atoms with Gasteiger partial charge in [0.1, 0.15) is 0 Å². The standard InChI is InChI=1S/C18H18N2O2S/c1-13-5-7-14(8-6-13)9-10-17(22)20-18(23)19-16-4-2-3-15(11-16)12-21/h2-11,21H,12H2,1H3,(H2,19,20,22,23). The molecule has 2 rings (SSSR count). The molecule has 1 amide bonds. The molecule has 0 unspecified atom stereocenters. The van der Waals surface area contributed by atoms with Crippen molar-refractivity contribution >= 4 is 35.0 Å². The summed E-state index contributed by atoms with van der Waals surface area (Å²) in [5.41, 5.74) is 3.59. The number of benzene rings is 2. The van der Waals surface area contributed by atoms with Crippen molar-refractivity contribution in [3.05, 3.63) is 71.3 Å². The third kappa shape index (κ3) is 5.65. The maximum Gasteiger partial charge on any atom is 0.250 e. The number of anilines is 1. The number of thiocarbonyl (C=S) groups is 1. The molecule has 0 spiro atoms. The first-order valence-corrected chi connectivity index (χ1v) is 7.54. The predicted octanol–water partition coefficient (Wildman–Crippen LogP) is 3.01. The second kappa shape index (κ2) is 8.22. The van der Waals surface area contributed by atoms with Crippen LogP contribution in [0.3, 0.4) is 0 Å². The quantitative estimate of drug-likeness (QED) is 0.597. The highest BCUT2D eigenvalue weighted by Gasteiger charge is 2.02. The summed E-state index contributed by atoms with van der Waals surface area (Å²) in [5, 5.41) is 14.8. The Kier molecular flexibility index (Phi) is 6.02. The summed E-state index contributed by atoms with van der Waals surface area (Å²) in [4.78, 5) is 11.8. The fourth-order valence-electron chi connectivity index (χ4n) is 1.91. The Balaban J connectivity index is 1.89. The number of aryl methyl sites for hydroxylation is 1. The second-order valence-electron chi connectivity index (χ2n) is 5.05. The van der Waals surface area contributed by atoms with Crippen LogP contribution in [0.1, 0.15) is 16.7 Å². The monoisotopic (exact) mass is 326 g/mol. The smallest absolute Gasteiger partial charge is 0.250 e. The van der Waals surface area contributed by atoms with Crippen LogP contribution in [-0.2, 0) is 11.4 Å². The van der Waals surface area contributed by atoms with E-state index in [0.717, 1.165) is 11.1 Å². The van der Waals surface area contributed by atoms with Crippen LogP contribution >= 0.6 is 12.2 Å². The lowest BCUT2D eigenvalue weighted by Gasteiger charge is -2.09.